The second kappa shape index (κ2) is 33.0. The maximum Gasteiger partial charge on any atom is 0.407 e. The van der Waals surface area contributed by atoms with Crippen LogP contribution in [-0.2, 0) is 52.6 Å². The lowest BCUT2D eigenvalue weighted by Crippen LogP contribution is -2.62. The number of unbranched alkanes of at least 4 members (excludes halogenated alkanes) is 1. The van der Waals surface area contributed by atoms with Crippen molar-refractivity contribution in [2.24, 2.45) is 22.9 Å². The van der Waals surface area contributed by atoms with Gasteiger partial charge in [-0.3, -0.25) is 43.2 Å². The van der Waals surface area contributed by atoms with Crippen molar-refractivity contribution < 1.29 is 72.4 Å². The van der Waals surface area contributed by atoms with Gasteiger partial charge in [-0.05, 0) is 97.8 Å². The summed E-state index contributed by atoms with van der Waals surface area (Å²) in [5.74, 6) is -8.93. The first-order valence-electron chi connectivity index (χ1n) is 23.0. The zero-order valence-electron chi connectivity index (χ0n) is 40.0. The molecule has 0 aliphatic carbocycles. The van der Waals surface area contributed by atoms with E-state index in [1.165, 1.54) is 26.0 Å². The van der Waals surface area contributed by atoms with E-state index >= 15 is 0 Å². The molecule has 0 bridgehead atoms. The molecule has 10 atom stereocenters. The number of alkyl carbamates (subject to hydrolysis) is 2. The standard InChI is InChI=1S/C42H73N13O15/c1-22(33(46)59)49-36(62)27-14-6-9-17-47-41(67)69-19-11-12-20-70-42(68)48-18-10-7-15-28(51-35(61)26(44)13-5-8-16-43)37(63)53-29(21-30(45)58)38(64)55-31(24(3)56)39(65)50-23(2)34(60)54-32(25(4)57)40(66)52-27/h11-12,22-29,31-32,56-57H,5-10,13-21,43-44H2,1-4H3,(H2,45,58)(H2,46,59)(H,47,67)(H,48,68)(H,49,62)(H,50,65)(H,51,61)(H,52,66)(H,53,63)(H,54,60)(H,55,64)/t22-,23-,24+,25+,26-,27-,28-,29-,31-,32-/m0/s1. The van der Waals surface area contributed by atoms with E-state index in [0.29, 0.717) is 19.4 Å². The highest BCUT2D eigenvalue weighted by molar-refractivity contribution is 5.99. The monoisotopic (exact) mass is 1000 g/mol. The maximum atomic E-state index is 13.7. The Labute approximate surface area is 405 Å². The van der Waals surface area contributed by atoms with E-state index in [1.807, 2.05) is 0 Å². The van der Waals surface area contributed by atoms with E-state index in [1.54, 1.807) is 0 Å². The predicted octanol–water partition coefficient (Wildman–Crippen LogP) is -5.64. The van der Waals surface area contributed by atoms with Crippen molar-refractivity contribution in [2.45, 2.75) is 152 Å². The van der Waals surface area contributed by atoms with Gasteiger partial charge in [-0.25, -0.2) is 9.59 Å². The number of ether oxygens (including phenoxy) is 2. The molecule has 0 aromatic heterocycles. The summed E-state index contributed by atoms with van der Waals surface area (Å²) in [4.78, 5) is 142. The van der Waals surface area contributed by atoms with Crippen LogP contribution in [0.4, 0.5) is 9.59 Å². The summed E-state index contributed by atoms with van der Waals surface area (Å²) in [5.41, 5.74) is 22.3. The van der Waals surface area contributed by atoms with Crippen molar-refractivity contribution in [3.63, 3.8) is 0 Å². The summed E-state index contributed by atoms with van der Waals surface area (Å²) in [6, 6.07) is -11.8. The number of aliphatic hydroxyl groups excluding tert-OH is 2. The van der Waals surface area contributed by atoms with Gasteiger partial charge in [0, 0.05) is 13.1 Å². The number of nitrogens with two attached hydrogens (primary N) is 4. The molecule has 0 unspecified atom stereocenters. The summed E-state index contributed by atoms with van der Waals surface area (Å²) in [7, 11) is 0. The Morgan fingerprint density at radius 3 is 1.76 bits per heavy atom. The predicted molar refractivity (Wildman–Crippen MR) is 248 cm³/mol. The van der Waals surface area contributed by atoms with Crippen LogP contribution in [0.1, 0.15) is 91.9 Å². The number of hydrogen-bond acceptors (Lipinski definition) is 17. The molecular weight excluding hydrogens is 927 g/mol. The highest BCUT2D eigenvalue weighted by Gasteiger charge is 2.36. The molecule has 19 N–H and O–H groups in total. The third-order valence-electron chi connectivity index (χ3n) is 10.4. The molecule has 1 aliphatic rings. The molecule has 11 amide bonds. The zero-order valence-corrected chi connectivity index (χ0v) is 40.0. The minimum absolute atomic E-state index is 0.0621. The van der Waals surface area contributed by atoms with Crippen LogP contribution in [0.5, 0.6) is 0 Å². The number of nitrogens with one attached hydrogen (secondary N) is 9. The zero-order chi connectivity index (χ0) is 52.9. The summed E-state index contributed by atoms with van der Waals surface area (Å²) in [5, 5.41) is 42.6. The van der Waals surface area contributed by atoms with E-state index in [-0.39, 0.29) is 71.2 Å². The van der Waals surface area contributed by atoms with Gasteiger partial charge in [0.05, 0.1) is 24.7 Å². The SMILES string of the molecule is C[C@H](NC(=O)[C@@H]1CCCCNC(=O)OCC=CCOC(=O)NCCCC[C@H](NC(=O)[C@@H](N)CCCCN)C(=O)N[C@@H](CC(N)=O)C(=O)N[C@@H]([C@@H](C)O)C(=O)N[C@@H](C)C(=O)N[C@@H]([C@@H](C)O)C(=O)N1)C(N)=O. The molecule has 1 aliphatic heterocycles. The largest absolute Gasteiger partial charge is 0.445 e. The van der Waals surface area contributed by atoms with E-state index in [2.05, 4.69) is 47.9 Å². The summed E-state index contributed by atoms with van der Waals surface area (Å²) < 4.78 is 10.1. The van der Waals surface area contributed by atoms with Crippen LogP contribution in [0.15, 0.2) is 12.2 Å². The highest BCUT2D eigenvalue weighted by atomic mass is 16.6. The van der Waals surface area contributed by atoms with Gasteiger partial charge in [0.15, 0.2) is 0 Å². The fraction of sp³-hybridized carbons (Fsp3) is 0.690. The summed E-state index contributed by atoms with van der Waals surface area (Å²) in [6.07, 6.45) is -0.686. The fourth-order valence-electron chi connectivity index (χ4n) is 6.31. The molecule has 0 aromatic rings. The molecule has 0 aromatic carbocycles. The average Bonchev–Trinajstić information content (AvgIpc) is 3.28. The van der Waals surface area contributed by atoms with Crippen LogP contribution in [0.3, 0.4) is 0 Å². The van der Waals surface area contributed by atoms with E-state index in [4.69, 9.17) is 32.4 Å². The Morgan fingerprint density at radius 1 is 0.714 bits per heavy atom. The number of hydrogen-bond donors (Lipinski definition) is 15. The van der Waals surface area contributed by atoms with Crippen LogP contribution in [0.25, 0.3) is 0 Å². The summed E-state index contributed by atoms with van der Waals surface area (Å²) >= 11 is 0. The molecule has 70 heavy (non-hydrogen) atoms. The van der Waals surface area contributed by atoms with E-state index in [0.717, 1.165) is 13.8 Å². The normalized spacial score (nSPS) is 24.7. The van der Waals surface area contributed by atoms with Crippen molar-refractivity contribution in [1.29, 1.82) is 0 Å². The van der Waals surface area contributed by atoms with Gasteiger partial charge in [-0.2, -0.15) is 0 Å². The smallest absolute Gasteiger partial charge is 0.407 e. The fourth-order valence-corrected chi connectivity index (χ4v) is 6.31. The highest BCUT2D eigenvalue weighted by Crippen LogP contribution is 2.08. The van der Waals surface area contributed by atoms with E-state index < -0.39 is 132 Å². The number of cyclic esters (lactones) is 2. The molecule has 28 nitrogen and oxygen atoms in total. The Balaban J connectivity index is 3.48. The lowest BCUT2D eigenvalue weighted by atomic mass is 10.0. The lowest BCUT2D eigenvalue weighted by molar-refractivity contribution is -0.138. The van der Waals surface area contributed by atoms with Crippen molar-refractivity contribution in [1.82, 2.24) is 47.9 Å². The number of rotatable bonds is 13. The third-order valence-corrected chi connectivity index (χ3v) is 10.4. The number of carbonyl (C=O) groups excluding carboxylic acids is 11. The van der Waals surface area contributed by atoms with Gasteiger partial charge >= 0.3 is 12.2 Å². The van der Waals surface area contributed by atoms with Gasteiger partial charge in [0.25, 0.3) is 0 Å². The van der Waals surface area contributed by atoms with Crippen LogP contribution < -0.4 is 70.8 Å². The van der Waals surface area contributed by atoms with E-state index in [9.17, 15) is 63.0 Å². The molecular formula is C42H73N13O15. The topological polar surface area (TPSA) is 459 Å². The first kappa shape index (κ1) is 61.4. The molecule has 0 spiro atoms. The Morgan fingerprint density at radius 2 is 1.24 bits per heavy atom. The minimum atomic E-state index is -1.84. The van der Waals surface area contributed by atoms with Gasteiger partial charge in [-0.1, -0.05) is 6.42 Å². The average molecular weight is 1000 g/mol. The molecule has 0 fully saturated rings. The van der Waals surface area contributed by atoms with Crippen molar-refractivity contribution in [3.8, 4) is 0 Å². The van der Waals surface area contributed by atoms with Crippen molar-refractivity contribution in [3.05, 3.63) is 12.2 Å². The molecule has 1 rings (SSSR count). The Kier molecular flexibility index (Phi) is 28.9. The molecule has 28 heteroatoms. The lowest BCUT2D eigenvalue weighted by Gasteiger charge is -2.28. The Hall–Kier alpha value is -6.65. The number of amides is 11. The Bertz CT molecular complexity index is 1820. The van der Waals surface area contributed by atoms with Crippen LogP contribution in [0.2, 0.25) is 0 Å². The molecule has 396 valence electrons. The van der Waals surface area contributed by atoms with Gasteiger partial charge in [0.1, 0.15) is 55.5 Å². The van der Waals surface area contributed by atoms with Crippen LogP contribution in [-0.4, -0.2) is 169 Å². The number of primary amides is 2. The quantitative estimate of drug-likeness (QED) is 0.0604. The number of aliphatic hydroxyl groups is 2. The van der Waals surface area contributed by atoms with Gasteiger partial charge in [-0.15, -0.1) is 0 Å². The first-order valence-corrected chi connectivity index (χ1v) is 23.0. The second-order valence-corrected chi connectivity index (χ2v) is 16.6. The molecule has 0 radical (unpaired) electrons. The first-order chi connectivity index (χ1) is 33.0. The van der Waals surface area contributed by atoms with Gasteiger partial charge in [0.2, 0.25) is 53.2 Å². The number of carbonyl (C=O) groups is 11. The minimum Gasteiger partial charge on any atom is -0.445 e. The van der Waals surface area contributed by atoms with Gasteiger partial charge < -0.3 is 90.5 Å². The maximum absolute atomic E-state index is 13.7. The summed E-state index contributed by atoms with van der Waals surface area (Å²) in [6.45, 7) is 4.86. The molecule has 1 heterocycles. The van der Waals surface area contributed by atoms with Crippen molar-refractivity contribution >= 4 is 65.4 Å². The molecule has 0 saturated heterocycles. The van der Waals surface area contributed by atoms with Crippen molar-refractivity contribution in [2.75, 3.05) is 32.8 Å². The molecule has 0 saturated carbocycles. The second-order valence-electron chi connectivity index (χ2n) is 16.6. The third kappa shape index (κ3) is 24.6. The van der Waals surface area contributed by atoms with Crippen LogP contribution >= 0.6 is 0 Å². The van der Waals surface area contributed by atoms with Crippen LogP contribution in [0, 0.1) is 0 Å².